The Hall–Kier alpha value is -0.600. The molecule has 0 bridgehead atoms. The van der Waals surface area contributed by atoms with Gasteiger partial charge in [0.25, 0.3) is 0 Å². The molecule has 0 radical (unpaired) electrons. The van der Waals surface area contributed by atoms with Gasteiger partial charge in [-0.1, -0.05) is 11.6 Å². The number of ether oxygens (including phenoxy) is 1. The summed E-state index contributed by atoms with van der Waals surface area (Å²) in [7, 11) is 0. The highest BCUT2D eigenvalue weighted by Crippen LogP contribution is 2.40. The van der Waals surface area contributed by atoms with Crippen LogP contribution in [0.4, 0.5) is 4.39 Å². The standard InChI is InChI=1S/C9H8ClFO/c1-5-9(12-5)7-4-6(10)2-3-8(7)11/h2-5,9H,1H3. The van der Waals surface area contributed by atoms with Gasteiger partial charge >= 0.3 is 0 Å². The summed E-state index contributed by atoms with van der Waals surface area (Å²) in [5, 5.41) is 0.550. The molecule has 0 amide bonds. The molecule has 1 fully saturated rings. The van der Waals surface area contributed by atoms with E-state index in [4.69, 9.17) is 16.3 Å². The van der Waals surface area contributed by atoms with E-state index in [1.165, 1.54) is 12.1 Å². The summed E-state index contributed by atoms with van der Waals surface area (Å²) >= 11 is 5.71. The van der Waals surface area contributed by atoms with Crippen LogP contribution in [-0.2, 0) is 4.74 Å². The molecule has 2 unspecified atom stereocenters. The highest BCUT2D eigenvalue weighted by atomic mass is 35.5. The Labute approximate surface area is 75.1 Å². The fourth-order valence-electron chi connectivity index (χ4n) is 1.24. The highest BCUT2D eigenvalue weighted by Gasteiger charge is 2.37. The zero-order chi connectivity index (χ0) is 8.72. The quantitative estimate of drug-likeness (QED) is 0.615. The lowest BCUT2D eigenvalue weighted by molar-refractivity contribution is 0.378. The van der Waals surface area contributed by atoms with Gasteiger partial charge in [0.15, 0.2) is 0 Å². The van der Waals surface area contributed by atoms with Gasteiger partial charge in [-0.3, -0.25) is 0 Å². The summed E-state index contributed by atoms with van der Waals surface area (Å²) in [4.78, 5) is 0. The predicted octanol–water partition coefficient (Wildman–Crippen LogP) is 2.94. The first kappa shape index (κ1) is 8.02. The van der Waals surface area contributed by atoms with E-state index in [0.717, 1.165) is 0 Å². The molecule has 0 aliphatic carbocycles. The van der Waals surface area contributed by atoms with Crippen molar-refractivity contribution in [1.29, 1.82) is 0 Å². The van der Waals surface area contributed by atoms with Crippen molar-refractivity contribution in [3.8, 4) is 0 Å². The molecule has 2 rings (SSSR count). The van der Waals surface area contributed by atoms with Crippen LogP contribution in [0.1, 0.15) is 18.6 Å². The second-order valence-electron chi connectivity index (χ2n) is 2.93. The van der Waals surface area contributed by atoms with Gasteiger partial charge in [-0.05, 0) is 25.1 Å². The Morgan fingerprint density at radius 2 is 2.17 bits per heavy atom. The largest absolute Gasteiger partial charge is 0.365 e. The number of rotatable bonds is 1. The maximum absolute atomic E-state index is 13.1. The Morgan fingerprint density at radius 3 is 2.75 bits per heavy atom. The summed E-state index contributed by atoms with van der Waals surface area (Å²) in [6, 6.07) is 4.52. The minimum absolute atomic E-state index is 0.0938. The van der Waals surface area contributed by atoms with Crippen LogP contribution in [0.5, 0.6) is 0 Å². The number of hydrogen-bond acceptors (Lipinski definition) is 1. The molecule has 1 aliphatic rings. The van der Waals surface area contributed by atoms with Gasteiger partial charge < -0.3 is 4.74 Å². The van der Waals surface area contributed by atoms with E-state index < -0.39 is 0 Å². The Bertz CT molecular complexity index is 313. The lowest BCUT2D eigenvalue weighted by atomic mass is 10.1. The fraction of sp³-hybridized carbons (Fsp3) is 0.333. The van der Waals surface area contributed by atoms with Crippen LogP contribution in [0.15, 0.2) is 18.2 Å². The molecule has 1 aromatic rings. The van der Waals surface area contributed by atoms with Crippen LogP contribution in [0, 0.1) is 5.82 Å². The van der Waals surface area contributed by atoms with Crippen LogP contribution in [0.2, 0.25) is 5.02 Å². The highest BCUT2D eigenvalue weighted by molar-refractivity contribution is 6.30. The van der Waals surface area contributed by atoms with Crippen LogP contribution < -0.4 is 0 Å². The van der Waals surface area contributed by atoms with Crippen molar-refractivity contribution in [3.63, 3.8) is 0 Å². The lowest BCUT2D eigenvalue weighted by Gasteiger charge is -1.98. The van der Waals surface area contributed by atoms with Crippen LogP contribution in [-0.4, -0.2) is 6.10 Å². The van der Waals surface area contributed by atoms with E-state index in [2.05, 4.69) is 0 Å². The molecule has 64 valence electrons. The van der Waals surface area contributed by atoms with E-state index in [1.807, 2.05) is 6.92 Å². The molecule has 3 heteroatoms. The maximum atomic E-state index is 13.1. The molecule has 2 atom stereocenters. The molecule has 0 saturated carbocycles. The average molecular weight is 187 g/mol. The van der Waals surface area contributed by atoms with Gasteiger partial charge in [-0.2, -0.15) is 0 Å². The van der Waals surface area contributed by atoms with E-state index in [9.17, 15) is 4.39 Å². The average Bonchev–Trinajstić information content (AvgIpc) is 2.73. The summed E-state index contributed by atoms with van der Waals surface area (Å²) in [5.41, 5.74) is 0.565. The normalized spacial score (nSPS) is 27.2. The van der Waals surface area contributed by atoms with Crippen LogP contribution >= 0.6 is 11.6 Å². The SMILES string of the molecule is CC1OC1c1cc(Cl)ccc1F. The third-order valence-corrected chi connectivity index (χ3v) is 2.21. The van der Waals surface area contributed by atoms with E-state index in [-0.39, 0.29) is 18.0 Å². The van der Waals surface area contributed by atoms with Gasteiger partial charge in [-0.25, -0.2) is 4.39 Å². The van der Waals surface area contributed by atoms with Crippen molar-refractivity contribution in [2.75, 3.05) is 0 Å². The van der Waals surface area contributed by atoms with Gasteiger partial charge in [0, 0.05) is 10.6 Å². The minimum Gasteiger partial charge on any atom is -0.365 e. The summed E-state index contributed by atoms with van der Waals surface area (Å²) in [6.45, 7) is 1.91. The topological polar surface area (TPSA) is 12.5 Å². The van der Waals surface area contributed by atoms with Gasteiger partial charge in [-0.15, -0.1) is 0 Å². The predicted molar refractivity (Wildman–Crippen MR) is 44.7 cm³/mol. The van der Waals surface area contributed by atoms with Crippen molar-refractivity contribution in [2.45, 2.75) is 19.1 Å². The number of halogens is 2. The molecule has 0 aromatic heterocycles. The molecule has 0 N–H and O–H groups in total. The molecule has 1 aliphatic heterocycles. The van der Waals surface area contributed by atoms with Crippen molar-refractivity contribution < 1.29 is 9.13 Å². The summed E-state index contributed by atoms with van der Waals surface area (Å²) in [6.07, 6.45) is 0.0293. The number of hydrogen-bond donors (Lipinski definition) is 0. The Balaban J connectivity index is 2.36. The molecular formula is C9H8ClFO. The van der Waals surface area contributed by atoms with Gasteiger partial charge in [0.2, 0.25) is 0 Å². The molecule has 1 saturated heterocycles. The van der Waals surface area contributed by atoms with Gasteiger partial charge in [0.1, 0.15) is 11.9 Å². The van der Waals surface area contributed by atoms with E-state index in [0.29, 0.717) is 10.6 Å². The Morgan fingerprint density at radius 1 is 1.50 bits per heavy atom. The lowest BCUT2D eigenvalue weighted by Crippen LogP contribution is -1.89. The Kier molecular flexibility index (Phi) is 1.81. The van der Waals surface area contributed by atoms with Crippen LogP contribution in [0.3, 0.4) is 0 Å². The summed E-state index contributed by atoms with van der Waals surface area (Å²) < 4.78 is 18.2. The first-order chi connectivity index (χ1) is 5.68. The van der Waals surface area contributed by atoms with Crippen molar-refractivity contribution in [1.82, 2.24) is 0 Å². The zero-order valence-electron chi connectivity index (χ0n) is 6.55. The second-order valence-corrected chi connectivity index (χ2v) is 3.36. The number of epoxide rings is 1. The van der Waals surface area contributed by atoms with Crippen LogP contribution in [0.25, 0.3) is 0 Å². The molecule has 0 spiro atoms. The molecule has 1 heterocycles. The first-order valence-electron chi connectivity index (χ1n) is 3.79. The maximum Gasteiger partial charge on any atom is 0.129 e. The molecule has 1 nitrogen and oxygen atoms in total. The third kappa shape index (κ3) is 1.32. The zero-order valence-corrected chi connectivity index (χ0v) is 7.31. The third-order valence-electron chi connectivity index (χ3n) is 1.98. The monoisotopic (exact) mass is 186 g/mol. The fourth-order valence-corrected chi connectivity index (χ4v) is 1.43. The van der Waals surface area contributed by atoms with E-state index >= 15 is 0 Å². The molecular weight excluding hydrogens is 179 g/mol. The molecule has 1 aromatic carbocycles. The summed E-state index contributed by atoms with van der Waals surface area (Å²) in [5.74, 6) is -0.242. The minimum atomic E-state index is -0.242. The smallest absolute Gasteiger partial charge is 0.129 e. The molecule has 12 heavy (non-hydrogen) atoms. The number of benzene rings is 1. The van der Waals surface area contributed by atoms with E-state index in [1.54, 1.807) is 6.07 Å². The van der Waals surface area contributed by atoms with Crippen molar-refractivity contribution >= 4 is 11.6 Å². The van der Waals surface area contributed by atoms with Crippen molar-refractivity contribution in [3.05, 3.63) is 34.6 Å². The first-order valence-corrected chi connectivity index (χ1v) is 4.16. The van der Waals surface area contributed by atoms with Gasteiger partial charge in [0.05, 0.1) is 6.10 Å². The second kappa shape index (κ2) is 2.71. The van der Waals surface area contributed by atoms with Crippen molar-refractivity contribution in [2.24, 2.45) is 0 Å².